The summed E-state index contributed by atoms with van der Waals surface area (Å²) in [5.41, 5.74) is 0.938. The van der Waals surface area contributed by atoms with E-state index in [0.29, 0.717) is 10.7 Å². The van der Waals surface area contributed by atoms with Crippen molar-refractivity contribution in [3.05, 3.63) is 45.8 Å². The molecule has 1 atom stereocenters. The minimum atomic E-state index is -0.172. The highest BCUT2D eigenvalue weighted by molar-refractivity contribution is 7.14. The highest BCUT2D eigenvalue weighted by atomic mass is 32.1. The van der Waals surface area contributed by atoms with Crippen molar-refractivity contribution in [2.75, 3.05) is 25.6 Å². The molecule has 2 amide bonds. The van der Waals surface area contributed by atoms with E-state index < -0.39 is 0 Å². The molecule has 6 nitrogen and oxygen atoms in total. The number of ether oxygens (including phenoxy) is 1. The smallest absolute Gasteiger partial charge is 0.266 e. The average molecular weight is 373 g/mol. The van der Waals surface area contributed by atoms with E-state index in [1.54, 1.807) is 6.07 Å². The zero-order chi connectivity index (χ0) is 18.5. The second-order valence-electron chi connectivity index (χ2n) is 6.20. The molecule has 2 aromatic heterocycles. The summed E-state index contributed by atoms with van der Waals surface area (Å²) in [7, 11) is 1.53. The molecule has 1 N–H and O–H groups in total. The van der Waals surface area contributed by atoms with Crippen LogP contribution in [-0.2, 0) is 16.0 Å². The second-order valence-corrected chi connectivity index (χ2v) is 7.32. The summed E-state index contributed by atoms with van der Waals surface area (Å²) in [6.07, 6.45) is 2.70. The molecule has 1 aliphatic heterocycles. The van der Waals surface area contributed by atoms with E-state index in [9.17, 15) is 9.59 Å². The van der Waals surface area contributed by atoms with Crippen molar-refractivity contribution in [3.8, 4) is 0 Å². The predicted octanol–water partition coefficient (Wildman–Crippen LogP) is 3.27. The zero-order valence-corrected chi connectivity index (χ0v) is 15.8. The zero-order valence-electron chi connectivity index (χ0n) is 15.0. The topological polar surface area (TPSA) is 71.5 Å². The standard InChI is InChI=1S/C19H23N3O3S/c1-3-13-6-4-8-17(20-13)21-19(24)16-10-9-15(26-16)14-7-5-11-22(14)18(23)12-25-2/h4,6,8-10,14H,3,5,7,11-12H2,1-2H3,(H,20,21,24)/t14-/m1/s1. The van der Waals surface area contributed by atoms with Gasteiger partial charge in [0.15, 0.2) is 0 Å². The van der Waals surface area contributed by atoms with Crippen LogP contribution in [0.4, 0.5) is 5.82 Å². The first-order valence-corrected chi connectivity index (χ1v) is 9.59. The maximum atomic E-state index is 12.5. The number of nitrogens with zero attached hydrogens (tertiary/aromatic N) is 2. The molecule has 0 saturated carbocycles. The number of carbonyl (C=O) groups excluding carboxylic acids is 2. The van der Waals surface area contributed by atoms with Crippen molar-refractivity contribution in [1.29, 1.82) is 0 Å². The van der Waals surface area contributed by atoms with E-state index in [1.807, 2.05) is 36.1 Å². The fourth-order valence-electron chi connectivity index (χ4n) is 3.15. The number of anilines is 1. The van der Waals surface area contributed by atoms with Gasteiger partial charge in [-0.25, -0.2) is 4.98 Å². The SMILES string of the molecule is CCc1cccc(NC(=O)c2ccc([C@H]3CCCN3C(=O)COC)s2)n1. The van der Waals surface area contributed by atoms with Crippen LogP contribution in [0.1, 0.15) is 46.0 Å². The molecule has 3 rings (SSSR count). The van der Waals surface area contributed by atoms with Gasteiger partial charge in [-0.3, -0.25) is 9.59 Å². The Morgan fingerprint density at radius 3 is 2.96 bits per heavy atom. The van der Waals surface area contributed by atoms with Gasteiger partial charge in [0.05, 0.1) is 10.9 Å². The lowest BCUT2D eigenvalue weighted by Gasteiger charge is -2.23. The van der Waals surface area contributed by atoms with Crippen molar-refractivity contribution < 1.29 is 14.3 Å². The number of amides is 2. The van der Waals surface area contributed by atoms with Gasteiger partial charge in [-0.15, -0.1) is 11.3 Å². The van der Waals surface area contributed by atoms with Crippen molar-refractivity contribution in [2.24, 2.45) is 0 Å². The molecule has 7 heteroatoms. The number of aromatic nitrogens is 1. The van der Waals surface area contributed by atoms with Crippen LogP contribution in [0.5, 0.6) is 0 Å². The number of hydrogen-bond donors (Lipinski definition) is 1. The molecule has 0 unspecified atom stereocenters. The molecule has 1 fully saturated rings. The molecule has 3 heterocycles. The summed E-state index contributed by atoms with van der Waals surface area (Å²) in [4.78, 5) is 32.6. The Morgan fingerprint density at radius 1 is 1.35 bits per heavy atom. The first-order chi connectivity index (χ1) is 12.6. The molecule has 1 saturated heterocycles. The van der Waals surface area contributed by atoms with Gasteiger partial charge >= 0.3 is 0 Å². The fraction of sp³-hybridized carbons (Fsp3) is 0.421. The predicted molar refractivity (Wildman–Crippen MR) is 101 cm³/mol. The van der Waals surface area contributed by atoms with Crippen LogP contribution < -0.4 is 5.32 Å². The third-order valence-electron chi connectivity index (χ3n) is 4.43. The van der Waals surface area contributed by atoms with Crippen LogP contribution in [0.15, 0.2) is 30.3 Å². The molecule has 1 aliphatic rings. The normalized spacial score (nSPS) is 16.7. The molecule has 0 bridgehead atoms. The average Bonchev–Trinajstić information content (AvgIpc) is 3.31. The van der Waals surface area contributed by atoms with Crippen LogP contribution in [0.2, 0.25) is 0 Å². The van der Waals surface area contributed by atoms with E-state index in [0.717, 1.165) is 36.4 Å². The Kier molecular flexibility index (Phi) is 6.00. The van der Waals surface area contributed by atoms with Gasteiger partial charge in [-0.1, -0.05) is 13.0 Å². The number of hydrogen-bond acceptors (Lipinski definition) is 5. The van der Waals surface area contributed by atoms with E-state index in [4.69, 9.17) is 4.74 Å². The van der Waals surface area contributed by atoms with Gasteiger partial charge < -0.3 is 15.0 Å². The highest BCUT2D eigenvalue weighted by Gasteiger charge is 2.31. The van der Waals surface area contributed by atoms with E-state index in [-0.39, 0.29) is 24.5 Å². The first kappa shape index (κ1) is 18.5. The Balaban J connectivity index is 1.70. The number of aryl methyl sites for hydroxylation is 1. The molecule has 0 spiro atoms. The second kappa shape index (κ2) is 8.42. The quantitative estimate of drug-likeness (QED) is 0.844. The Hall–Kier alpha value is -2.25. The number of rotatable bonds is 6. The van der Waals surface area contributed by atoms with Crippen molar-refractivity contribution >= 4 is 29.0 Å². The number of likely N-dealkylation sites (tertiary alicyclic amines) is 1. The third kappa shape index (κ3) is 4.11. The van der Waals surface area contributed by atoms with Crippen molar-refractivity contribution in [1.82, 2.24) is 9.88 Å². The van der Waals surface area contributed by atoms with Crippen molar-refractivity contribution in [2.45, 2.75) is 32.2 Å². The van der Waals surface area contributed by atoms with Gasteiger partial charge in [0.2, 0.25) is 5.91 Å². The monoisotopic (exact) mass is 373 g/mol. The summed E-state index contributed by atoms with van der Waals surface area (Å²) in [5, 5.41) is 2.85. The highest BCUT2D eigenvalue weighted by Crippen LogP contribution is 2.36. The Labute approximate surface area is 157 Å². The molecular formula is C19H23N3O3S. The minimum absolute atomic E-state index is 0.00465. The van der Waals surface area contributed by atoms with Crippen LogP contribution in [0.3, 0.4) is 0 Å². The van der Waals surface area contributed by atoms with Crippen molar-refractivity contribution in [3.63, 3.8) is 0 Å². The summed E-state index contributed by atoms with van der Waals surface area (Å²) in [5.74, 6) is 0.381. The molecule has 138 valence electrons. The maximum absolute atomic E-state index is 12.5. The first-order valence-electron chi connectivity index (χ1n) is 8.77. The number of carbonyl (C=O) groups is 2. The van der Waals surface area contributed by atoms with E-state index >= 15 is 0 Å². The Morgan fingerprint density at radius 2 is 2.19 bits per heavy atom. The number of thiophene rings is 1. The van der Waals surface area contributed by atoms with Crippen LogP contribution >= 0.6 is 11.3 Å². The molecule has 2 aromatic rings. The molecular weight excluding hydrogens is 350 g/mol. The van der Waals surface area contributed by atoms with E-state index in [1.165, 1.54) is 18.4 Å². The summed E-state index contributed by atoms with van der Waals surface area (Å²) in [6, 6.07) is 9.40. The minimum Gasteiger partial charge on any atom is -0.375 e. The summed E-state index contributed by atoms with van der Waals surface area (Å²) >= 11 is 1.43. The summed E-state index contributed by atoms with van der Waals surface area (Å²) < 4.78 is 4.97. The van der Waals surface area contributed by atoms with Crippen LogP contribution in [0, 0.1) is 0 Å². The van der Waals surface area contributed by atoms with Gasteiger partial charge in [0.25, 0.3) is 5.91 Å². The number of pyridine rings is 1. The van der Waals surface area contributed by atoms with E-state index in [2.05, 4.69) is 10.3 Å². The van der Waals surface area contributed by atoms with Gasteiger partial charge in [0.1, 0.15) is 12.4 Å². The lowest BCUT2D eigenvalue weighted by atomic mass is 10.2. The lowest BCUT2D eigenvalue weighted by molar-refractivity contribution is -0.136. The van der Waals surface area contributed by atoms with Gasteiger partial charge in [0, 0.05) is 24.2 Å². The number of nitrogens with one attached hydrogen (secondary N) is 1. The largest absolute Gasteiger partial charge is 0.375 e. The number of methoxy groups -OCH3 is 1. The lowest BCUT2D eigenvalue weighted by Crippen LogP contribution is -2.32. The molecule has 0 aromatic carbocycles. The maximum Gasteiger partial charge on any atom is 0.266 e. The fourth-order valence-corrected chi connectivity index (χ4v) is 4.20. The Bertz CT molecular complexity index is 790. The third-order valence-corrected chi connectivity index (χ3v) is 5.62. The molecule has 0 radical (unpaired) electrons. The molecule has 26 heavy (non-hydrogen) atoms. The van der Waals surface area contributed by atoms with Crippen LogP contribution in [-0.4, -0.2) is 42.0 Å². The van der Waals surface area contributed by atoms with Crippen LogP contribution in [0.25, 0.3) is 0 Å². The van der Waals surface area contributed by atoms with Gasteiger partial charge in [-0.05, 0) is 43.5 Å². The molecule has 0 aliphatic carbocycles. The van der Waals surface area contributed by atoms with Gasteiger partial charge in [-0.2, -0.15) is 0 Å². The summed E-state index contributed by atoms with van der Waals surface area (Å²) in [6.45, 7) is 2.85.